The highest BCUT2D eigenvalue weighted by Crippen LogP contribution is 2.56. The summed E-state index contributed by atoms with van der Waals surface area (Å²) >= 11 is 0. The second-order valence-corrected chi connectivity index (χ2v) is 5.09. The number of hydrogen-bond acceptors (Lipinski definition) is 2. The molecule has 0 aromatic carbocycles. The van der Waals surface area contributed by atoms with Crippen molar-refractivity contribution < 1.29 is 0 Å². The second-order valence-electron chi connectivity index (χ2n) is 5.09. The van der Waals surface area contributed by atoms with Gasteiger partial charge in [-0.3, -0.25) is 4.90 Å². The number of nitrogens with two attached hydrogens (primary N) is 1. The largest absolute Gasteiger partial charge is 0.329 e. The molecule has 1 saturated heterocycles. The van der Waals surface area contributed by atoms with Crippen molar-refractivity contribution in [1.82, 2.24) is 4.90 Å². The van der Waals surface area contributed by atoms with Crippen LogP contribution in [0.2, 0.25) is 0 Å². The van der Waals surface area contributed by atoms with Crippen molar-refractivity contribution in [3.63, 3.8) is 0 Å². The van der Waals surface area contributed by atoms with Crippen LogP contribution >= 0.6 is 0 Å². The normalized spacial score (nSPS) is 34.8. The summed E-state index contributed by atoms with van der Waals surface area (Å²) < 4.78 is 0. The summed E-state index contributed by atoms with van der Waals surface area (Å²) in [6.07, 6.45) is 4.39. The Morgan fingerprint density at radius 2 is 2.15 bits per heavy atom. The fourth-order valence-corrected chi connectivity index (χ4v) is 2.70. The van der Waals surface area contributed by atoms with E-state index in [9.17, 15) is 0 Å². The highest BCUT2D eigenvalue weighted by atomic mass is 15.2. The third-order valence-corrected chi connectivity index (χ3v) is 4.31. The summed E-state index contributed by atoms with van der Waals surface area (Å²) in [7, 11) is 0. The van der Waals surface area contributed by atoms with Crippen LogP contribution in [0.1, 0.15) is 33.1 Å². The van der Waals surface area contributed by atoms with Crippen LogP contribution in [0.3, 0.4) is 0 Å². The molecule has 2 nitrogen and oxygen atoms in total. The predicted octanol–water partition coefficient (Wildman–Crippen LogP) is 1.46. The first kappa shape index (κ1) is 9.47. The summed E-state index contributed by atoms with van der Waals surface area (Å²) in [6.45, 7) is 8.03. The molecule has 2 fully saturated rings. The van der Waals surface area contributed by atoms with Gasteiger partial charge in [0.05, 0.1) is 0 Å². The van der Waals surface area contributed by atoms with E-state index in [2.05, 4.69) is 18.7 Å². The summed E-state index contributed by atoms with van der Waals surface area (Å²) in [5, 5.41) is 0. The van der Waals surface area contributed by atoms with Gasteiger partial charge < -0.3 is 5.73 Å². The molecule has 0 aromatic rings. The smallest absolute Gasteiger partial charge is 0.0190 e. The van der Waals surface area contributed by atoms with Gasteiger partial charge in [-0.2, -0.15) is 0 Å². The first-order valence-electron chi connectivity index (χ1n) is 5.62. The molecule has 2 aliphatic rings. The Hall–Kier alpha value is -0.0800. The van der Waals surface area contributed by atoms with E-state index >= 15 is 0 Å². The van der Waals surface area contributed by atoms with Gasteiger partial charge in [-0.25, -0.2) is 0 Å². The fraction of sp³-hybridized carbons (Fsp3) is 1.00. The highest BCUT2D eigenvalue weighted by molar-refractivity contribution is 5.01. The van der Waals surface area contributed by atoms with Crippen molar-refractivity contribution in [1.29, 1.82) is 0 Å². The van der Waals surface area contributed by atoms with Crippen molar-refractivity contribution in [3.8, 4) is 0 Å². The fourth-order valence-electron chi connectivity index (χ4n) is 2.70. The molecule has 2 atom stereocenters. The maximum absolute atomic E-state index is 5.69. The van der Waals surface area contributed by atoms with Crippen LogP contribution in [-0.4, -0.2) is 30.6 Å². The molecule has 1 aliphatic carbocycles. The first-order chi connectivity index (χ1) is 6.18. The highest BCUT2D eigenvalue weighted by Gasteiger charge is 2.49. The van der Waals surface area contributed by atoms with Gasteiger partial charge >= 0.3 is 0 Å². The minimum Gasteiger partial charge on any atom is -0.329 e. The van der Waals surface area contributed by atoms with Gasteiger partial charge in [0.25, 0.3) is 0 Å². The number of rotatable bonds is 2. The molecular weight excluding hydrogens is 160 g/mol. The maximum atomic E-state index is 5.69. The number of piperidine rings is 1. The number of nitrogens with zero attached hydrogens (tertiary/aromatic N) is 1. The van der Waals surface area contributed by atoms with Gasteiger partial charge in [0.2, 0.25) is 0 Å². The van der Waals surface area contributed by atoms with Crippen molar-refractivity contribution in [2.45, 2.75) is 39.2 Å². The van der Waals surface area contributed by atoms with Crippen LogP contribution in [0.15, 0.2) is 0 Å². The minimum atomic E-state index is 0.582. The molecule has 0 amide bonds. The number of likely N-dealkylation sites (tertiary alicyclic amines) is 1. The average Bonchev–Trinajstić information content (AvgIpc) is 2.90. The molecule has 2 N–H and O–H groups in total. The molecule has 1 aliphatic heterocycles. The quantitative estimate of drug-likeness (QED) is 0.700. The van der Waals surface area contributed by atoms with Gasteiger partial charge in [-0.15, -0.1) is 0 Å². The van der Waals surface area contributed by atoms with Gasteiger partial charge in [0, 0.05) is 19.1 Å². The SMILES string of the molecule is CC(CN)N1CCC2(CC2)C(C)C1. The third-order valence-electron chi connectivity index (χ3n) is 4.31. The van der Waals surface area contributed by atoms with E-state index in [0.717, 1.165) is 17.9 Å². The lowest BCUT2D eigenvalue weighted by Crippen LogP contribution is -2.47. The Labute approximate surface area is 81.5 Å². The van der Waals surface area contributed by atoms with Crippen molar-refractivity contribution in [3.05, 3.63) is 0 Å². The average molecular weight is 182 g/mol. The zero-order valence-electron chi connectivity index (χ0n) is 8.92. The summed E-state index contributed by atoms with van der Waals surface area (Å²) in [5.74, 6) is 0.898. The van der Waals surface area contributed by atoms with Crippen LogP contribution in [0, 0.1) is 11.3 Å². The molecular formula is C11H22N2. The topological polar surface area (TPSA) is 29.3 Å². The maximum Gasteiger partial charge on any atom is 0.0190 e. The molecule has 2 unspecified atom stereocenters. The lowest BCUT2D eigenvalue weighted by molar-refractivity contribution is 0.0862. The van der Waals surface area contributed by atoms with Crippen molar-refractivity contribution in [2.24, 2.45) is 17.1 Å². The molecule has 1 heterocycles. The molecule has 2 rings (SSSR count). The summed E-state index contributed by atoms with van der Waals surface area (Å²) in [5.41, 5.74) is 6.46. The van der Waals surface area contributed by atoms with Gasteiger partial charge in [0.15, 0.2) is 0 Å². The Morgan fingerprint density at radius 1 is 1.46 bits per heavy atom. The Bertz CT molecular complexity index is 187. The molecule has 0 radical (unpaired) electrons. The van der Waals surface area contributed by atoms with Crippen LogP contribution in [0.25, 0.3) is 0 Å². The van der Waals surface area contributed by atoms with E-state index in [0.29, 0.717) is 6.04 Å². The monoisotopic (exact) mass is 182 g/mol. The Balaban J connectivity index is 1.91. The Morgan fingerprint density at radius 3 is 2.62 bits per heavy atom. The van der Waals surface area contributed by atoms with E-state index in [1.54, 1.807) is 0 Å². The van der Waals surface area contributed by atoms with Crippen LogP contribution in [0.5, 0.6) is 0 Å². The molecule has 1 spiro atoms. The van der Waals surface area contributed by atoms with Crippen molar-refractivity contribution >= 4 is 0 Å². The molecule has 13 heavy (non-hydrogen) atoms. The van der Waals surface area contributed by atoms with Gasteiger partial charge in [0.1, 0.15) is 0 Å². The molecule has 1 saturated carbocycles. The summed E-state index contributed by atoms with van der Waals surface area (Å²) in [6, 6.07) is 0.582. The lowest BCUT2D eigenvalue weighted by atomic mass is 9.83. The van der Waals surface area contributed by atoms with E-state index in [1.807, 2.05) is 0 Å². The number of hydrogen-bond donors (Lipinski definition) is 1. The molecule has 0 aromatic heterocycles. The standard InChI is InChI=1S/C11H22N2/c1-9-8-13(10(2)7-12)6-5-11(9)3-4-11/h9-10H,3-8,12H2,1-2H3. The zero-order chi connectivity index (χ0) is 9.47. The van der Waals surface area contributed by atoms with E-state index in [4.69, 9.17) is 5.73 Å². The zero-order valence-corrected chi connectivity index (χ0v) is 8.92. The predicted molar refractivity (Wildman–Crippen MR) is 55.5 cm³/mol. The van der Waals surface area contributed by atoms with Crippen molar-refractivity contribution in [2.75, 3.05) is 19.6 Å². The minimum absolute atomic E-state index is 0.582. The van der Waals surface area contributed by atoms with E-state index < -0.39 is 0 Å². The van der Waals surface area contributed by atoms with Gasteiger partial charge in [-0.05, 0) is 44.1 Å². The van der Waals surface area contributed by atoms with Gasteiger partial charge in [-0.1, -0.05) is 6.92 Å². The third kappa shape index (κ3) is 1.62. The molecule has 76 valence electrons. The van der Waals surface area contributed by atoms with Crippen LogP contribution < -0.4 is 5.73 Å². The van der Waals surface area contributed by atoms with Crippen LogP contribution in [0.4, 0.5) is 0 Å². The van der Waals surface area contributed by atoms with E-state index in [1.165, 1.54) is 32.4 Å². The van der Waals surface area contributed by atoms with E-state index in [-0.39, 0.29) is 0 Å². The Kier molecular flexibility index (Phi) is 2.37. The molecule has 0 bridgehead atoms. The lowest BCUT2D eigenvalue weighted by Gasteiger charge is -2.40. The summed E-state index contributed by atoms with van der Waals surface area (Å²) in [4.78, 5) is 2.56. The second kappa shape index (κ2) is 3.25. The van der Waals surface area contributed by atoms with Crippen LogP contribution in [-0.2, 0) is 0 Å². The first-order valence-corrected chi connectivity index (χ1v) is 5.62. The molecule has 2 heteroatoms.